The summed E-state index contributed by atoms with van der Waals surface area (Å²) in [5.41, 5.74) is 1.04. The Morgan fingerprint density at radius 1 is 1.55 bits per heavy atom. The van der Waals surface area contributed by atoms with E-state index in [1.165, 1.54) is 25.8 Å². The van der Waals surface area contributed by atoms with E-state index in [1.807, 2.05) is 6.92 Å². The quantitative estimate of drug-likeness (QED) is 0.777. The van der Waals surface area contributed by atoms with Crippen LogP contribution in [0.1, 0.15) is 33.1 Å². The van der Waals surface area contributed by atoms with Crippen molar-refractivity contribution in [3.8, 4) is 0 Å². The lowest BCUT2D eigenvalue weighted by molar-refractivity contribution is -0.114. The molecule has 4 nitrogen and oxygen atoms in total. The van der Waals surface area contributed by atoms with Crippen molar-refractivity contribution in [1.82, 2.24) is 5.32 Å². The van der Waals surface area contributed by atoms with Gasteiger partial charge in [-0.1, -0.05) is 0 Å². The molecule has 5 heteroatoms. The van der Waals surface area contributed by atoms with Crippen molar-refractivity contribution in [3.63, 3.8) is 0 Å². The van der Waals surface area contributed by atoms with Crippen LogP contribution in [0.3, 0.4) is 0 Å². The van der Waals surface area contributed by atoms with Gasteiger partial charge in [0.25, 0.3) is 0 Å². The Morgan fingerprint density at radius 3 is 3.00 bits per heavy atom. The Balaban J connectivity index is 1.97. The minimum absolute atomic E-state index is 0.161. The molecule has 1 saturated heterocycles. The SMILES string of the molecule is CC(=O)Nc1ccc(F)c(NC(C)CC2CCCN2)c1. The summed E-state index contributed by atoms with van der Waals surface area (Å²) in [7, 11) is 0. The van der Waals surface area contributed by atoms with Gasteiger partial charge in [0.15, 0.2) is 0 Å². The molecule has 1 aliphatic rings. The van der Waals surface area contributed by atoms with Crippen LogP contribution in [0.5, 0.6) is 0 Å². The van der Waals surface area contributed by atoms with Crippen LogP contribution >= 0.6 is 0 Å². The van der Waals surface area contributed by atoms with Crippen LogP contribution in [0, 0.1) is 5.82 Å². The largest absolute Gasteiger partial charge is 0.380 e. The maximum absolute atomic E-state index is 13.8. The van der Waals surface area contributed by atoms with Crippen molar-refractivity contribution in [1.29, 1.82) is 0 Å². The molecule has 0 spiro atoms. The standard InChI is InChI=1S/C15H22FN3O/c1-10(8-12-4-3-7-17-12)18-15-9-13(19-11(2)20)5-6-14(15)16/h5-6,9-10,12,17-18H,3-4,7-8H2,1-2H3,(H,19,20). The van der Waals surface area contributed by atoms with Crippen LogP contribution in [-0.2, 0) is 4.79 Å². The first-order valence-electron chi connectivity index (χ1n) is 7.11. The van der Waals surface area contributed by atoms with E-state index in [-0.39, 0.29) is 17.8 Å². The number of nitrogens with one attached hydrogen (secondary N) is 3. The molecule has 2 unspecified atom stereocenters. The predicted octanol–water partition coefficient (Wildman–Crippen LogP) is 2.73. The van der Waals surface area contributed by atoms with E-state index in [1.54, 1.807) is 12.1 Å². The van der Waals surface area contributed by atoms with Gasteiger partial charge in [0.2, 0.25) is 5.91 Å². The Morgan fingerprint density at radius 2 is 2.35 bits per heavy atom. The van der Waals surface area contributed by atoms with Crippen molar-refractivity contribution in [2.45, 2.75) is 45.2 Å². The van der Waals surface area contributed by atoms with E-state index in [0.29, 0.717) is 17.4 Å². The predicted molar refractivity (Wildman–Crippen MR) is 79.4 cm³/mol. The fourth-order valence-electron chi connectivity index (χ4n) is 2.63. The Kier molecular flexibility index (Phi) is 4.95. The molecule has 0 radical (unpaired) electrons. The van der Waals surface area contributed by atoms with Gasteiger partial charge in [-0.3, -0.25) is 4.79 Å². The third-order valence-electron chi connectivity index (χ3n) is 3.49. The van der Waals surface area contributed by atoms with E-state index in [4.69, 9.17) is 0 Å². The molecule has 1 amide bonds. The molecule has 2 atom stereocenters. The summed E-state index contributed by atoms with van der Waals surface area (Å²) in [6.45, 7) is 4.55. The molecule has 1 fully saturated rings. The lowest BCUT2D eigenvalue weighted by Gasteiger charge is -2.20. The number of benzene rings is 1. The van der Waals surface area contributed by atoms with E-state index < -0.39 is 0 Å². The van der Waals surface area contributed by atoms with Crippen molar-refractivity contribution >= 4 is 17.3 Å². The van der Waals surface area contributed by atoms with Gasteiger partial charge in [-0.2, -0.15) is 0 Å². The highest BCUT2D eigenvalue weighted by Crippen LogP contribution is 2.22. The molecule has 1 aliphatic heterocycles. The van der Waals surface area contributed by atoms with Crippen LogP contribution in [0.15, 0.2) is 18.2 Å². The maximum Gasteiger partial charge on any atom is 0.221 e. The molecule has 0 saturated carbocycles. The highest BCUT2D eigenvalue weighted by molar-refractivity contribution is 5.89. The van der Waals surface area contributed by atoms with Crippen LogP contribution in [0.2, 0.25) is 0 Å². The minimum atomic E-state index is -0.301. The average molecular weight is 279 g/mol. The molecule has 0 bridgehead atoms. The van der Waals surface area contributed by atoms with Crippen LogP contribution in [0.25, 0.3) is 0 Å². The molecule has 0 aromatic heterocycles. The number of hydrogen-bond acceptors (Lipinski definition) is 3. The molecule has 1 heterocycles. The molecule has 3 N–H and O–H groups in total. The fraction of sp³-hybridized carbons (Fsp3) is 0.533. The van der Waals surface area contributed by atoms with Gasteiger partial charge in [-0.05, 0) is 50.9 Å². The average Bonchev–Trinajstić information content (AvgIpc) is 2.85. The first-order chi connectivity index (χ1) is 9.54. The van der Waals surface area contributed by atoms with Crippen molar-refractivity contribution in [2.75, 3.05) is 17.2 Å². The Hall–Kier alpha value is -1.62. The molecule has 0 aliphatic carbocycles. The first kappa shape index (κ1) is 14.8. The molecule has 1 aromatic rings. The summed E-state index contributed by atoms with van der Waals surface area (Å²) in [6.07, 6.45) is 3.36. The summed E-state index contributed by atoms with van der Waals surface area (Å²) in [4.78, 5) is 11.0. The minimum Gasteiger partial charge on any atom is -0.380 e. The van der Waals surface area contributed by atoms with E-state index >= 15 is 0 Å². The van der Waals surface area contributed by atoms with E-state index in [9.17, 15) is 9.18 Å². The maximum atomic E-state index is 13.8. The monoisotopic (exact) mass is 279 g/mol. The lowest BCUT2D eigenvalue weighted by atomic mass is 10.1. The Labute approximate surface area is 119 Å². The third kappa shape index (κ3) is 4.20. The topological polar surface area (TPSA) is 53.2 Å². The smallest absolute Gasteiger partial charge is 0.221 e. The van der Waals surface area contributed by atoms with Crippen LogP contribution in [0.4, 0.5) is 15.8 Å². The molecule has 2 rings (SSSR count). The van der Waals surface area contributed by atoms with Gasteiger partial charge >= 0.3 is 0 Å². The number of amides is 1. The summed E-state index contributed by atoms with van der Waals surface area (Å²) >= 11 is 0. The summed E-state index contributed by atoms with van der Waals surface area (Å²) in [5.74, 6) is -0.462. The number of anilines is 2. The second-order valence-corrected chi connectivity index (χ2v) is 5.45. The third-order valence-corrected chi connectivity index (χ3v) is 3.49. The highest BCUT2D eigenvalue weighted by atomic mass is 19.1. The van der Waals surface area contributed by atoms with Crippen molar-refractivity contribution in [3.05, 3.63) is 24.0 Å². The van der Waals surface area contributed by atoms with Gasteiger partial charge in [0.05, 0.1) is 5.69 Å². The molecule has 20 heavy (non-hydrogen) atoms. The van der Waals surface area contributed by atoms with Crippen LogP contribution in [-0.4, -0.2) is 24.5 Å². The number of hydrogen-bond donors (Lipinski definition) is 3. The number of rotatable bonds is 5. The Bertz CT molecular complexity index is 472. The molecular weight excluding hydrogens is 257 g/mol. The van der Waals surface area contributed by atoms with Gasteiger partial charge in [-0.25, -0.2) is 4.39 Å². The van der Waals surface area contributed by atoms with Gasteiger partial charge in [0, 0.05) is 24.7 Å². The number of carbonyl (C=O) groups excluding carboxylic acids is 1. The van der Waals surface area contributed by atoms with E-state index in [0.717, 1.165) is 13.0 Å². The second-order valence-electron chi connectivity index (χ2n) is 5.45. The summed E-state index contributed by atoms with van der Waals surface area (Å²) in [5, 5.41) is 9.28. The molecule has 1 aromatic carbocycles. The highest BCUT2D eigenvalue weighted by Gasteiger charge is 2.17. The summed E-state index contributed by atoms with van der Waals surface area (Å²) in [6, 6.07) is 5.25. The van der Waals surface area contributed by atoms with Gasteiger partial charge in [0.1, 0.15) is 5.82 Å². The normalized spacial score (nSPS) is 19.6. The number of halogens is 1. The fourth-order valence-corrected chi connectivity index (χ4v) is 2.63. The number of carbonyl (C=O) groups is 1. The summed E-state index contributed by atoms with van der Waals surface area (Å²) < 4.78 is 13.8. The van der Waals surface area contributed by atoms with Crippen molar-refractivity contribution in [2.24, 2.45) is 0 Å². The zero-order valence-corrected chi connectivity index (χ0v) is 12.0. The van der Waals surface area contributed by atoms with Crippen LogP contribution < -0.4 is 16.0 Å². The first-order valence-corrected chi connectivity index (χ1v) is 7.11. The zero-order valence-electron chi connectivity index (χ0n) is 12.0. The van der Waals surface area contributed by atoms with E-state index in [2.05, 4.69) is 16.0 Å². The van der Waals surface area contributed by atoms with Gasteiger partial charge in [-0.15, -0.1) is 0 Å². The molecular formula is C15H22FN3O. The zero-order chi connectivity index (χ0) is 14.5. The molecule has 110 valence electrons. The van der Waals surface area contributed by atoms with Gasteiger partial charge < -0.3 is 16.0 Å². The van der Waals surface area contributed by atoms with Crippen molar-refractivity contribution < 1.29 is 9.18 Å². The second kappa shape index (κ2) is 6.70. The lowest BCUT2D eigenvalue weighted by Crippen LogP contribution is -2.29.